The molecule has 2 aliphatic rings. The smallest absolute Gasteiger partial charge is 0.458 e. The molecule has 0 bridgehead atoms. The number of halogens is 5. The Morgan fingerprint density at radius 2 is 1.82 bits per heavy atom. The van der Waals surface area contributed by atoms with Crippen LogP contribution in [0.3, 0.4) is 0 Å². The molecule has 3 N–H and O–H groups in total. The number of aliphatic hydroxyl groups is 1. The molecule has 2 heterocycles. The molecule has 0 aromatic heterocycles. The predicted octanol–water partition coefficient (Wildman–Crippen LogP) is 5.51. The first kappa shape index (κ1) is 27.8. The number of aliphatic hydroxyl groups excluding tert-OH is 1. The van der Waals surface area contributed by atoms with E-state index in [1.54, 1.807) is 42.5 Å². The third-order valence-electron chi connectivity index (χ3n) is 7.02. The minimum Gasteiger partial charge on any atom is -0.491 e. The highest BCUT2D eigenvalue weighted by Gasteiger charge is 2.61. The number of carbonyl (C=O) groups is 2. The van der Waals surface area contributed by atoms with Crippen LogP contribution in [0.4, 0.5) is 18.9 Å². The van der Waals surface area contributed by atoms with Crippen LogP contribution in [0.2, 0.25) is 10.0 Å². The maximum absolute atomic E-state index is 14.1. The Hall–Kier alpha value is -3.71. The van der Waals surface area contributed by atoms with Crippen LogP contribution >= 0.6 is 23.2 Å². The topological polar surface area (TPSA) is 87.7 Å². The summed E-state index contributed by atoms with van der Waals surface area (Å²) in [6.07, 6.45) is -4.81. The summed E-state index contributed by atoms with van der Waals surface area (Å²) in [7, 11) is 0. The lowest BCUT2D eigenvalue weighted by atomic mass is 9.59. The van der Waals surface area contributed by atoms with Gasteiger partial charge in [0.05, 0.1) is 12.6 Å². The van der Waals surface area contributed by atoms with Crippen LogP contribution in [0.1, 0.15) is 40.6 Å². The first-order valence-electron chi connectivity index (χ1n) is 12.2. The van der Waals surface area contributed by atoms with Crippen LogP contribution in [-0.4, -0.2) is 36.3 Å². The second kappa shape index (κ2) is 10.7. The minimum atomic E-state index is -4.73. The molecule has 3 aromatic carbocycles. The Morgan fingerprint density at radius 1 is 1.05 bits per heavy atom. The first-order valence-corrected chi connectivity index (χ1v) is 12.9. The fourth-order valence-electron chi connectivity index (χ4n) is 5.55. The Labute approximate surface area is 237 Å². The van der Waals surface area contributed by atoms with E-state index in [1.807, 2.05) is 0 Å². The van der Waals surface area contributed by atoms with Crippen molar-refractivity contribution in [2.45, 2.75) is 30.0 Å². The summed E-state index contributed by atoms with van der Waals surface area (Å²) in [5.74, 6) is 1.94. The number of fused-ring (bicyclic) bond motifs is 2. The highest BCUT2D eigenvalue weighted by molar-refractivity contribution is 6.31. The zero-order valence-electron chi connectivity index (χ0n) is 20.6. The van der Waals surface area contributed by atoms with Crippen molar-refractivity contribution in [3.63, 3.8) is 0 Å². The number of piperidine rings is 1. The summed E-state index contributed by atoms with van der Waals surface area (Å²) in [6.45, 7) is -0.478. The third-order valence-corrected chi connectivity index (χ3v) is 7.49. The summed E-state index contributed by atoms with van der Waals surface area (Å²) in [4.78, 5) is 27.4. The second-order valence-electron chi connectivity index (χ2n) is 9.40. The van der Waals surface area contributed by atoms with Gasteiger partial charge in [-0.25, -0.2) is 0 Å². The molecule has 2 aliphatic heterocycles. The molecular formula is C29H21Cl2F3N2O4. The highest BCUT2D eigenvalue weighted by Crippen LogP contribution is 2.58. The van der Waals surface area contributed by atoms with E-state index in [1.165, 1.54) is 24.1 Å². The van der Waals surface area contributed by atoms with E-state index >= 15 is 0 Å². The number of benzene rings is 3. The summed E-state index contributed by atoms with van der Waals surface area (Å²) < 4.78 is 44.4. The summed E-state index contributed by atoms with van der Waals surface area (Å²) >= 11 is 12.5. The maximum atomic E-state index is 14.1. The van der Waals surface area contributed by atoms with Gasteiger partial charge < -0.3 is 20.5 Å². The summed E-state index contributed by atoms with van der Waals surface area (Å²) in [5, 5.41) is 16.0. The van der Waals surface area contributed by atoms with Gasteiger partial charge in [0.2, 0.25) is 11.8 Å². The van der Waals surface area contributed by atoms with Crippen LogP contribution in [0.25, 0.3) is 0 Å². The van der Waals surface area contributed by atoms with Crippen LogP contribution in [-0.2, 0) is 15.0 Å². The van der Waals surface area contributed by atoms with Crippen LogP contribution in [0.5, 0.6) is 5.75 Å². The van der Waals surface area contributed by atoms with Crippen LogP contribution < -0.4 is 15.4 Å². The first-order chi connectivity index (χ1) is 19.0. The molecule has 6 nitrogen and oxygen atoms in total. The molecule has 0 radical (unpaired) electrons. The van der Waals surface area contributed by atoms with Gasteiger partial charge in [0.25, 0.3) is 0 Å². The molecule has 0 unspecified atom stereocenters. The summed E-state index contributed by atoms with van der Waals surface area (Å²) in [5.41, 5.74) is 0.337. The van der Waals surface area contributed by atoms with Crippen molar-refractivity contribution >= 4 is 40.7 Å². The third kappa shape index (κ3) is 5.10. The number of carbonyl (C=O) groups excluding carboxylic acids is 2. The van der Waals surface area contributed by atoms with E-state index < -0.39 is 35.4 Å². The molecule has 1 spiro atoms. The number of nitrogens with one attached hydrogen (secondary N) is 2. The van der Waals surface area contributed by atoms with E-state index in [9.17, 15) is 27.9 Å². The van der Waals surface area contributed by atoms with Crippen molar-refractivity contribution in [1.82, 2.24) is 5.32 Å². The number of hydrogen-bond acceptors (Lipinski definition) is 4. The standard InChI is InChI=1S/C29H21Cl2F3N2O4/c30-18-3-1-2-17(13-18)22-15-25(38)36-26(29(22)21-6-5-19(31)14-23(21)35-27(29)39)20-12-16(8-9-28(32,33)34)4-7-24(20)40-11-10-37/h1-7,12-14,22,26,37H,10-11,15H2,(H,35,39)(H,36,38)/t22-,26+,29-/m0/s1. The fraction of sp³-hybridized carbons (Fsp3) is 0.241. The van der Waals surface area contributed by atoms with Crippen molar-refractivity contribution in [3.8, 4) is 17.6 Å². The van der Waals surface area contributed by atoms with E-state index in [4.69, 9.17) is 27.9 Å². The number of amides is 2. The molecule has 206 valence electrons. The summed E-state index contributed by atoms with van der Waals surface area (Å²) in [6, 6.07) is 14.7. The van der Waals surface area contributed by atoms with Gasteiger partial charge in [0.15, 0.2) is 0 Å². The van der Waals surface area contributed by atoms with E-state index in [0.29, 0.717) is 26.9 Å². The van der Waals surface area contributed by atoms with Gasteiger partial charge in [0.1, 0.15) is 17.8 Å². The monoisotopic (exact) mass is 588 g/mol. The number of ether oxygens (including phenoxy) is 1. The van der Waals surface area contributed by atoms with Crippen molar-refractivity contribution < 1.29 is 32.6 Å². The Balaban J connectivity index is 1.79. The average molecular weight is 589 g/mol. The second-order valence-corrected chi connectivity index (χ2v) is 10.3. The average Bonchev–Trinajstić information content (AvgIpc) is 3.18. The fourth-order valence-corrected chi connectivity index (χ4v) is 5.92. The van der Waals surface area contributed by atoms with Crippen molar-refractivity contribution in [3.05, 3.63) is 93.0 Å². The zero-order valence-corrected chi connectivity index (χ0v) is 22.1. The van der Waals surface area contributed by atoms with Crippen molar-refractivity contribution in [2.75, 3.05) is 18.5 Å². The highest BCUT2D eigenvalue weighted by atomic mass is 35.5. The lowest BCUT2D eigenvalue weighted by molar-refractivity contribution is -0.131. The molecule has 2 amide bonds. The van der Waals surface area contributed by atoms with Crippen LogP contribution in [0.15, 0.2) is 60.7 Å². The van der Waals surface area contributed by atoms with Crippen molar-refractivity contribution in [1.29, 1.82) is 0 Å². The van der Waals surface area contributed by atoms with Crippen LogP contribution in [0, 0.1) is 11.8 Å². The molecule has 1 fully saturated rings. The number of anilines is 1. The number of alkyl halides is 3. The van der Waals surface area contributed by atoms with Gasteiger partial charge >= 0.3 is 6.18 Å². The quantitative estimate of drug-likeness (QED) is 0.343. The number of rotatable bonds is 5. The Bertz CT molecular complexity index is 1570. The zero-order chi connectivity index (χ0) is 28.7. The maximum Gasteiger partial charge on any atom is 0.458 e. The molecular weight excluding hydrogens is 568 g/mol. The van der Waals surface area contributed by atoms with E-state index in [2.05, 4.69) is 16.6 Å². The lowest BCUT2D eigenvalue weighted by Crippen LogP contribution is -2.57. The van der Waals surface area contributed by atoms with Gasteiger partial charge in [-0.2, -0.15) is 13.2 Å². The van der Waals surface area contributed by atoms with Gasteiger partial charge in [-0.3, -0.25) is 9.59 Å². The molecule has 3 aromatic rings. The van der Waals surface area contributed by atoms with Gasteiger partial charge in [-0.15, -0.1) is 0 Å². The lowest BCUT2D eigenvalue weighted by Gasteiger charge is -2.46. The van der Waals surface area contributed by atoms with Gasteiger partial charge in [-0.1, -0.05) is 47.3 Å². The van der Waals surface area contributed by atoms with Gasteiger partial charge in [0, 0.05) is 45.1 Å². The Morgan fingerprint density at radius 3 is 2.55 bits per heavy atom. The molecule has 40 heavy (non-hydrogen) atoms. The van der Waals surface area contributed by atoms with E-state index in [-0.39, 0.29) is 36.5 Å². The molecule has 1 saturated heterocycles. The molecule has 11 heteroatoms. The van der Waals surface area contributed by atoms with Gasteiger partial charge in [-0.05, 0) is 53.6 Å². The van der Waals surface area contributed by atoms with E-state index in [0.717, 1.165) is 0 Å². The number of hydrogen-bond donors (Lipinski definition) is 3. The molecule has 0 aliphatic carbocycles. The molecule has 0 saturated carbocycles. The van der Waals surface area contributed by atoms with Crippen molar-refractivity contribution in [2.24, 2.45) is 0 Å². The Kier molecular flexibility index (Phi) is 7.44. The molecule has 5 rings (SSSR count). The minimum absolute atomic E-state index is 0.00677. The molecule has 3 atom stereocenters. The predicted molar refractivity (Wildman–Crippen MR) is 143 cm³/mol. The largest absolute Gasteiger partial charge is 0.491 e. The SMILES string of the molecule is O=C1C[C@@H](c2cccc(Cl)c2)[C@]2(C(=O)Nc3cc(Cl)ccc32)[C@@H](c2cc(C#CC(F)(F)F)ccc2OCCO)N1. The normalized spacial score (nSPS) is 21.8.